The van der Waals surface area contributed by atoms with Crippen molar-refractivity contribution >= 4 is 22.6 Å². The van der Waals surface area contributed by atoms with Crippen LogP contribution in [0.25, 0.3) is 11.0 Å². The number of hydrogen-bond acceptors (Lipinski definition) is 5. The largest absolute Gasteiger partial charge is 0.423 e. The molecule has 2 aromatic carbocycles. The van der Waals surface area contributed by atoms with Crippen LogP contribution in [0.3, 0.4) is 0 Å². The highest BCUT2D eigenvalue weighted by Crippen LogP contribution is 2.21. The van der Waals surface area contributed by atoms with Crippen molar-refractivity contribution in [1.82, 2.24) is 9.80 Å². The van der Waals surface area contributed by atoms with Gasteiger partial charge in [0.25, 0.3) is 0 Å². The third-order valence-electron chi connectivity index (χ3n) is 6.15. The lowest BCUT2D eigenvalue weighted by Gasteiger charge is -2.34. The number of anilines is 1. The van der Waals surface area contributed by atoms with E-state index in [1.54, 1.807) is 6.07 Å². The second kappa shape index (κ2) is 10.1. The Bertz CT molecular complexity index is 1150. The smallest absolute Gasteiger partial charge is 0.336 e. The first-order chi connectivity index (χ1) is 15.5. The molecule has 1 fully saturated rings. The van der Waals surface area contributed by atoms with Crippen LogP contribution in [0.2, 0.25) is 0 Å². The van der Waals surface area contributed by atoms with Crippen LogP contribution in [0.4, 0.5) is 5.69 Å². The quantitative estimate of drug-likeness (QED) is 0.576. The van der Waals surface area contributed by atoms with E-state index in [9.17, 15) is 9.59 Å². The summed E-state index contributed by atoms with van der Waals surface area (Å²) in [5.74, 6) is 0.0189. The van der Waals surface area contributed by atoms with Crippen LogP contribution in [0.5, 0.6) is 0 Å². The van der Waals surface area contributed by atoms with Crippen molar-refractivity contribution in [3.05, 3.63) is 75.6 Å². The van der Waals surface area contributed by atoms with Gasteiger partial charge in [0.2, 0.25) is 5.91 Å². The lowest BCUT2D eigenvalue weighted by atomic mass is 10.0. The Balaban J connectivity index is 1.34. The number of carbonyl (C=O) groups excluding carboxylic acids is 1. The molecule has 0 unspecified atom stereocenters. The molecule has 168 valence electrons. The normalized spacial score (nSPS) is 15.2. The van der Waals surface area contributed by atoms with Crippen LogP contribution in [0, 0.1) is 0 Å². The molecule has 1 saturated heterocycles. The second-order valence-electron chi connectivity index (χ2n) is 8.43. The lowest BCUT2D eigenvalue weighted by molar-refractivity contribution is -0.117. The van der Waals surface area contributed by atoms with E-state index in [0.717, 1.165) is 55.7 Å². The zero-order valence-electron chi connectivity index (χ0n) is 18.9. The Hall–Kier alpha value is -2.96. The van der Waals surface area contributed by atoms with Crippen LogP contribution < -0.4 is 10.9 Å². The number of nitrogens with one attached hydrogen (secondary N) is 1. The lowest BCUT2D eigenvalue weighted by Crippen LogP contribution is -2.48. The molecule has 0 saturated carbocycles. The molecule has 0 radical (unpaired) electrons. The van der Waals surface area contributed by atoms with Gasteiger partial charge in [0, 0.05) is 49.9 Å². The first-order valence-corrected chi connectivity index (χ1v) is 11.4. The molecular weight excluding hydrogens is 402 g/mol. The van der Waals surface area contributed by atoms with Crippen LogP contribution in [0.1, 0.15) is 30.5 Å². The Morgan fingerprint density at radius 3 is 2.41 bits per heavy atom. The SMILES string of the molecule is CCc1cccc(NC(=O)CN2CCN(Cc3cc(=O)oc4ccc(CC)cc34)CC2)c1. The van der Waals surface area contributed by atoms with Crippen LogP contribution in [-0.2, 0) is 24.2 Å². The number of benzene rings is 2. The van der Waals surface area contributed by atoms with E-state index in [0.29, 0.717) is 18.7 Å². The number of amides is 1. The minimum absolute atomic E-state index is 0.0189. The summed E-state index contributed by atoms with van der Waals surface area (Å²) in [4.78, 5) is 29.0. The van der Waals surface area contributed by atoms with Gasteiger partial charge >= 0.3 is 5.63 Å². The van der Waals surface area contributed by atoms with Gasteiger partial charge in [-0.25, -0.2) is 4.79 Å². The van der Waals surface area contributed by atoms with E-state index in [-0.39, 0.29) is 11.5 Å². The molecule has 0 spiro atoms. The number of aryl methyl sites for hydroxylation is 2. The van der Waals surface area contributed by atoms with Gasteiger partial charge in [-0.05, 0) is 53.8 Å². The van der Waals surface area contributed by atoms with Gasteiger partial charge in [-0.2, -0.15) is 0 Å². The predicted molar refractivity (Wildman–Crippen MR) is 128 cm³/mol. The molecule has 32 heavy (non-hydrogen) atoms. The van der Waals surface area contributed by atoms with Crippen molar-refractivity contribution in [3.8, 4) is 0 Å². The van der Waals surface area contributed by atoms with Crippen molar-refractivity contribution in [3.63, 3.8) is 0 Å². The Labute approximate surface area is 188 Å². The summed E-state index contributed by atoms with van der Waals surface area (Å²) in [7, 11) is 0. The molecule has 1 aromatic heterocycles. The number of hydrogen-bond donors (Lipinski definition) is 1. The maximum Gasteiger partial charge on any atom is 0.336 e. The highest BCUT2D eigenvalue weighted by molar-refractivity contribution is 5.92. The van der Waals surface area contributed by atoms with Gasteiger partial charge in [0.05, 0.1) is 6.54 Å². The first kappa shape index (κ1) is 22.2. The molecule has 1 aliphatic rings. The van der Waals surface area contributed by atoms with Crippen LogP contribution >= 0.6 is 0 Å². The summed E-state index contributed by atoms with van der Waals surface area (Å²) < 4.78 is 5.39. The van der Waals surface area contributed by atoms with Gasteiger partial charge < -0.3 is 9.73 Å². The van der Waals surface area contributed by atoms with E-state index in [1.165, 1.54) is 11.1 Å². The van der Waals surface area contributed by atoms with Gasteiger partial charge in [-0.1, -0.05) is 32.0 Å². The first-order valence-electron chi connectivity index (χ1n) is 11.4. The van der Waals surface area contributed by atoms with Crippen LogP contribution in [-0.4, -0.2) is 48.4 Å². The highest BCUT2D eigenvalue weighted by atomic mass is 16.4. The summed E-state index contributed by atoms with van der Waals surface area (Å²) in [6.07, 6.45) is 1.89. The topological polar surface area (TPSA) is 65.8 Å². The summed E-state index contributed by atoms with van der Waals surface area (Å²) in [5, 5.41) is 4.03. The predicted octanol–water partition coefficient (Wildman–Crippen LogP) is 3.67. The third-order valence-corrected chi connectivity index (χ3v) is 6.15. The number of rotatable bonds is 7. The van der Waals surface area contributed by atoms with Crippen molar-refractivity contribution in [2.45, 2.75) is 33.2 Å². The molecule has 1 N–H and O–H groups in total. The Morgan fingerprint density at radius 2 is 1.66 bits per heavy atom. The van der Waals surface area contributed by atoms with Crippen LogP contribution in [0.15, 0.2) is 57.7 Å². The zero-order chi connectivity index (χ0) is 22.5. The molecule has 0 bridgehead atoms. The molecule has 1 aliphatic heterocycles. The molecule has 2 heterocycles. The van der Waals surface area contributed by atoms with E-state index in [1.807, 2.05) is 30.3 Å². The minimum atomic E-state index is -0.306. The number of piperazine rings is 1. The fourth-order valence-electron chi connectivity index (χ4n) is 4.24. The average molecular weight is 434 g/mol. The monoisotopic (exact) mass is 433 g/mol. The molecule has 0 aliphatic carbocycles. The third kappa shape index (κ3) is 5.44. The van der Waals surface area contributed by atoms with Crippen molar-refractivity contribution < 1.29 is 9.21 Å². The highest BCUT2D eigenvalue weighted by Gasteiger charge is 2.20. The van der Waals surface area contributed by atoms with E-state index in [4.69, 9.17) is 4.42 Å². The average Bonchev–Trinajstić information content (AvgIpc) is 2.80. The molecule has 0 atom stereocenters. The Morgan fingerprint density at radius 1 is 0.938 bits per heavy atom. The summed E-state index contributed by atoms with van der Waals surface area (Å²) in [5.41, 5.74) is 4.65. The molecule has 4 rings (SSSR count). The van der Waals surface area contributed by atoms with E-state index in [2.05, 4.69) is 41.1 Å². The molecule has 1 amide bonds. The number of nitrogens with zero attached hydrogens (tertiary/aromatic N) is 2. The fourth-order valence-corrected chi connectivity index (χ4v) is 4.24. The maximum atomic E-state index is 12.5. The Kier molecular flexibility index (Phi) is 7.02. The molecule has 3 aromatic rings. The van der Waals surface area contributed by atoms with Gasteiger partial charge in [0.1, 0.15) is 5.58 Å². The summed E-state index contributed by atoms with van der Waals surface area (Å²) in [6, 6.07) is 15.7. The fraction of sp³-hybridized carbons (Fsp3) is 0.385. The molecule has 6 heteroatoms. The van der Waals surface area contributed by atoms with E-state index < -0.39 is 0 Å². The molecule has 6 nitrogen and oxygen atoms in total. The number of carbonyl (C=O) groups is 1. The molecular formula is C26H31N3O3. The minimum Gasteiger partial charge on any atom is -0.423 e. The van der Waals surface area contributed by atoms with Crippen molar-refractivity contribution in [2.24, 2.45) is 0 Å². The zero-order valence-corrected chi connectivity index (χ0v) is 18.9. The van der Waals surface area contributed by atoms with Gasteiger partial charge in [-0.3, -0.25) is 14.6 Å². The van der Waals surface area contributed by atoms with E-state index >= 15 is 0 Å². The standard InChI is InChI=1S/C26H31N3O3/c1-3-19-6-5-7-22(14-19)27-25(30)18-29-12-10-28(11-13-29)17-21-16-26(31)32-24-9-8-20(4-2)15-23(21)24/h5-9,14-16H,3-4,10-13,17-18H2,1-2H3,(H,27,30). The maximum absolute atomic E-state index is 12.5. The van der Waals surface area contributed by atoms with Crippen molar-refractivity contribution in [1.29, 1.82) is 0 Å². The van der Waals surface area contributed by atoms with Crippen molar-refractivity contribution in [2.75, 3.05) is 38.0 Å². The second-order valence-corrected chi connectivity index (χ2v) is 8.43. The van der Waals surface area contributed by atoms with Gasteiger partial charge in [0.15, 0.2) is 0 Å². The van der Waals surface area contributed by atoms with Gasteiger partial charge in [-0.15, -0.1) is 0 Å². The summed E-state index contributed by atoms with van der Waals surface area (Å²) in [6.45, 7) is 8.68. The summed E-state index contributed by atoms with van der Waals surface area (Å²) >= 11 is 0. The number of fused-ring (bicyclic) bond motifs is 1.